The molecule has 0 saturated heterocycles. The minimum absolute atomic E-state index is 0.324. The van der Waals surface area contributed by atoms with Gasteiger partial charge < -0.3 is 10.0 Å². The van der Waals surface area contributed by atoms with Gasteiger partial charge >= 0.3 is 5.97 Å². The summed E-state index contributed by atoms with van der Waals surface area (Å²) < 4.78 is 0. The highest BCUT2D eigenvalue weighted by Gasteiger charge is 2.44. The van der Waals surface area contributed by atoms with Crippen molar-refractivity contribution in [3.05, 3.63) is 0 Å². The molecule has 1 N–H and O–H groups in total. The third-order valence-corrected chi connectivity index (χ3v) is 3.58. The van der Waals surface area contributed by atoms with Crippen molar-refractivity contribution in [2.45, 2.75) is 46.5 Å². The summed E-state index contributed by atoms with van der Waals surface area (Å²) in [6.45, 7) is 8.35. The molecular formula is C13H25NO2. The molecule has 1 saturated carbocycles. The smallest absolute Gasteiger partial charge is 0.310 e. The molecule has 0 amide bonds. The molecule has 0 aromatic rings. The monoisotopic (exact) mass is 227 g/mol. The van der Waals surface area contributed by atoms with E-state index in [1.165, 1.54) is 0 Å². The van der Waals surface area contributed by atoms with Gasteiger partial charge in [-0.25, -0.2) is 0 Å². The first-order valence-corrected chi connectivity index (χ1v) is 6.17. The molecule has 0 heterocycles. The highest BCUT2D eigenvalue weighted by atomic mass is 16.4. The first-order valence-electron chi connectivity index (χ1n) is 6.17. The molecule has 3 heteroatoms. The molecule has 0 bridgehead atoms. The fourth-order valence-corrected chi connectivity index (χ4v) is 2.17. The number of hydrogen-bond acceptors (Lipinski definition) is 2. The fourth-order valence-electron chi connectivity index (χ4n) is 2.17. The molecule has 1 fully saturated rings. The molecule has 0 unspecified atom stereocenters. The van der Waals surface area contributed by atoms with Crippen molar-refractivity contribution >= 4 is 5.97 Å². The Balaban J connectivity index is 2.38. The van der Waals surface area contributed by atoms with Gasteiger partial charge in [-0.2, -0.15) is 0 Å². The highest BCUT2D eigenvalue weighted by Crippen LogP contribution is 2.41. The van der Waals surface area contributed by atoms with Crippen LogP contribution in [0.5, 0.6) is 0 Å². The van der Waals surface area contributed by atoms with Gasteiger partial charge in [-0.1, -0.05) is 27.2 Å². The number of carboxylic acid groups (broad SMARTS) is 1. The molecule has 0 aliphatic heterocycles. The number of hydrogen-bond donors (Lipinski definition) is 1. The van der Waals surface area contributed by atoms with Crippen LogP contribution in [0.15, 0.2) is 0 Å². The van der Waals surface area contributed by atoms with E-state index in [4.69, 9.17) is 0 Å². The first-order chi connectivity index (χ1) is 7.25. The Kier molecular flexibility index (Phi) is 4.00. The van der Waals surface area contributed by atoms with Gasteiger partial charge in [-0.15, -0.1) is 0 Å². The van der Waals surface area contributed by atoms with Crippen molar-refractivity contribution in [1.82, 2.24) is 4.90 Å². The summed E-state index contributed by atoms with van der Waals surface area (Å²) >= 11 is 0. The quantitative estimate of drug-likeness (QED) is 0.785. The van der Waals surface area contributed by atoms with Crippen molar-refractivity contribution in [2.24, 2.45) is 10.8 Å². The Morgan fingerprint density at radius 3 is 2.25 bits per heavy atom. The SMILES string of the molecule is CN(CCC(C)(C)C)CC1(C(=O)O)CCC1. The van der Waals surface area contributed by atoms with Crippen LogP contribution in [0.4, 0.5) is 0 Å². The van der Waals surface area contributed by atoms with E-state index in [9.17, 15) is 9.90 Å². The summed E-state index contributed by atoms with van der Waals surface area (Å²) in [5.41, 5.74) is -0.114. The molecule has 0 radical (unpaired) electrons. The van der Waals surface area contributed by atoms with Crippen molar-refractivity contribution in [3.8, 4) is 0 Å². The van der Waals surface area contributed by atoms with Crippen molar-refractivity contribution in [1.29, 1.82) is 0 Å². The van der Waals surface area contributed by atoms with Gasteiger partial charge in [0.2, 0.25) is 0 Å². The molecule has 3 nitrogen and oxygen atoms in total. The second-order valence-electron chi connectivity index (χ2n) is 6.49. The molecule has 0 spiro atoms. The average molecular weight is 227 g/mol. The minimum Gasteiger partial charge on any atom is -0.481 e. The molecule has 0 atom stereocenters. The molecule has 1 aliphatic carbocycles. The zero-order valence-electron chi connectivity index (χ0n) is 11.0. The molecule has 1 aliphatic rings. The Morgan fingerprint density at radius 1 is 1.38 bits per heavy atom. The number of carbonyl (C=O) groups is 1. The van der Waals surface area contributed by atoms with Crippen molar-refractivity contribution < 1.29 is 9.90 Å². The van der Waals surface area contributed by atoms with E-state index in [1.54, 1.807) is 0 Å². The Labute approximate surface area is 98.8 Å². The van der Waals surface area contributed by atoms with Gasteiger partial charge in [-0.3, -0.25) is 4.79 Å². The zero-order chi connectivity index (χ0) is 12.4. The van der Waals surface area contributed by atoms with E-state index in [0.29, 0.717) is 12.0 Å². The van der Waals surface area contributed by atoms with Gasteiger partial charge in [0.25, 0.3) is 0 Å². The van der Waals surface area contributed by atoms with Gasteiger partial charge in [-0.05, 0) is 38.3 Å². The lowest BCUT2D eigenvalue weighted by molar-refractivity contribution is -0.156. The standard InChI is InChI=1S/C13H25NO2/c1-12(2,3)8-9-14(4)10-13(11(15)16)6-5-7-13/h5-10H2,1-4H3,(H,15,16). The van der Waals surface area contributed by atoms with Crippen LogP contribution >= 0.6 is 0 Å². The Bertz CT molecular complexity index is 251. The Hall–Kier alpha value is -0.570. The summed E-state index contributed by atoms with van der Waals surface area (Å²) in [6.07, 6.45) is 3.88. The molecule has 16 heavy (non-hydrogen) atoms. The fraction of sp³-hybridized carbons (Fsp3) is 0.923. The van der Waals surface area contributed by atoms with Gasteiger partial charge in [0, 0.05) is 6.54 Å². The molecule has 0 aromatic carbocycles. The number of carboxylic acids is 1. The van der Waals surface area contributed by atoms with Gasteiger partial charge in [0.05, 0.1) is 5.41 Å². The van der Waals surface area contributed by atoms with Crippen LogP contribution in [0.1, 0.15) is 46.5 Å². The third-order valence-electron chi connectivity index (χ3n) is 3.58. The first kappa shape index (κ1) is 13.5. The van der Waals surface area contributed by atoms with E-state index in [2.05, 4.69) is 25.7 Å². The lowest BCUT2D eigenvalue weighted by Gasteiger charge is -2.40. The molecular weight excluding hydrogens is 202 g/mol. The van der Waals surface area contributed by atoms with Gasteiger partial charge in [0.1, 0.15) is 0 Å². The maximum atomic E-state index is 11.2. The summed E-state index contributed by atoms with van der Waals surface area (Å²) in [7, 11) is 2.04. The van der Waals surface area contributed by atoms with E-state index >= 15 is 0 Å². The highest BCUT2D eigenvalue weighted by molar-refractivity contribution is 5.76. The summed E-state index contributed by atoms with van der Waals surface area (Å²) in [4.78, 5) is 13.4. The van der Waals surface area contributed by atoms with Crippen LogP contribution < -0.4 is 0 Å². The van der Waals surface area contributed by atoms with Crippen LogP contribution in [0, 0.1) is 10.8 Å². The normalized spacial score (nSPS) is 19.6. The summed E-state index contributed by atoms with van der Waals surface area (Å²) in [6, 6.07) is 0. The van der Waals surface area contributed by atoms with Crippen LogP contribution in [-0.2, 0) is 4.79 Å². The third kappa shape index (κ3) is 3.48. The second kappa shape index (κ2) is 4.74. The van der Waals surface area contributed by atoms with E-state index in [0.717, 1.165) is 32.2 Å². The lowest BCUT2D eigenvalue weighted by Crippen LogP contribution is -2.47. The molecule has 94 valence electrons. The number of nitrogens with zero attached hydrogens (tertiary/aromatic N) is 1. The Morgan fingerprint density at radius 2 is 1.94 bits per heavy atom. The van der Waals surface area contributed by atoms with Crippen molar-refractivity contribution in [2.75, 3.05) is 20.1 Å². The topological polar surface area (TPSA) is 40.5 Å². The predicted molar refractivity (Wildman–Crippen MR) is 65.5 cm³/mol. The maximum absolute atomic E-state index is 11.2. The second-order valence-corrected chi connectivity index (χ2v) is 6.49. The van der Waals surface area contributed by atoms with Crippen LogP contribution in [0.25, 0.3) is 0 Å². The average Bonchev–Trinajstić information content (AvgIpc) is 2.06. The van der Waals surface area contributed by atoms with Crippen LogP contribution in [0.2, 0.25) is 0 Å². The van der Waals surface area contributed by atoms with Crippen molar-refractivity contribution in [3.63, 3.8) is 0 Å². The summed E-state index contributed by atoms with van der Waals surface area (Å²) in [5, 5.41) is 9.23. The van der Waals surface area contributed by atoms with Crippen LogP contribution in [-0.4, -0.2) is 36.1 Å². The number of rotatable bonds is 5. The lowest BCUT2D eigenvalue weighted by atomic mass is 9.68. The summed E-state index contributed by atoms with van der Waals surface area (Å²) in [5.74, 6) is -0.610. The van der Waals surface area contributed by atoms with E-state index in [1.807, 2.05) is 7.05 Å². The van der Waals surface area contributed by atoms with E-state index in [-0.39, 0.29) is 0 Å². The molecule has 0 aromatic heterocycles. The predicted octanol–water partition coefficient (Wildman–Crippen LogP) is 2.61. The molecule has 1 rings (SSSR count). The van der Waals surface area contributed by atoms with E-state index < -0.39 is 11.4 Å². The largest absolute Gasteiger partial charge is 0.481 e. The van der Waals surface area contributed by atoms with Crippen LogP contribution in [0.3, 0.4) is 0 Å². The van der Waals surface area contributed by atoms with Gasteiger partial charge in [0.15, 0.2) is 0 Å². The maximum Gasteiger partial charge on any atom is 0.310 e. The zero-order valence-corrected chi connectivity index (χ0v) is 11.0. The number of aliphatic carboxylic acids is 1. The minimum atomic E-state index is -0.610.